The topological polar surface area (TPSA) is 67.3 Å². The van der Waals surface area contributed by atoms with Gasteiger partial charge in [-0.25, -0.2) is 0 Å². The molecule has 1 atom stereocenters. The molecule has 110 valence electrons. The molecule has 7 heteroatoms. The summed E-state index contributed by atoms with van der Waals surface area (Å²) >= 11 is 6.10. The van der Waals surface area contributed by atoms with E-state index in [1.807, 2.05) is 29.2 Å². The van der Waals surface area contributed by atoms with Gasteiger partial charge < -0.3 is 15.0 Å². The van der Waals surface area contributed by atoms with Crippen LogP contribution in [0.3, 0.4) is 0 Å². The summed E-state index contributed by atoms with van der Waals surface area (Å²) in [4.78, 5) is 14.0. The number of benzene rings is 1. The van der Waals surface area contributed by atoms with Crippen LogP contribution in [0, 0.1) is 0 Å². The summed E-state index contributed by atoms with van der Waals surface area (Å²) in [7, 11) is 1.61. The SMILES string of the molecule is CNC(=O)C1COCCN1c1nnc(Cl)c2ccccc12. The number of likely N-dealkylation sites (N-methyl/N-ethyl adjacent to an activating group) is 1. The Balaban J connectivity index is 2.10. The van der Waals surface area contributed by atoms with E-state index in [4.69, 9.17) is 16.3 Å². The Morgan fingerprint density at radius 3 is 2.90 bits per heavy atom. The second-order valence-electron chi connectivity index (χ2n) is 4.76. The van der Waals surface area contributed by atoms with Crippen LogP contribution in [0.2, 0.25) is 5.15 Å². The van der Waals surface area contributed by atoms with Crippen molar-refractivity contribution in [1.29, 1.82) is 0 Å². The monoisotopic (exact) mass is 306 g/mol. The molecule has 1 saturated heterocycles. The minimum Gasteiger partial charge on any atom is -0.377 e. The number of hydrogen-bond acceptors (Lipinski definition) is 5. The van der Waals surface area contributed by atoms with Gasteiger partial charge in [-0.3, -0.25) is 4.79 Å². The summed E-state index contributed by atoms with van der Waals surface area (Å²) in [6.07, 6.45) is 0. The zero-order chi connectivity index (χ0) is 14.8. The number of fused-ring (bicyclic) bond motifs is 1. The number of amides is 1. The molecule has 1 aliphatic rings. The van der Waals surface area contributed by atoms with Gasteiger partial charge >= 0.3 is 0 Å². The van der Waals surface area contributed by atoms with Gasteiger partial charge in [0.2, 0.25) is 5.91 Å². The van der Waals surface area contributed by atoms with E-state index < -0.39 is 6.04 Å². The Kier molecular flexibility index (Phi) is 3.90. The van der Waals surface area contributed by atoms with Crippen molar-refractivity contribution in [2.45, 2.75) is 6.04 Å². The number of morpholine rings is 1. The summed E-state index contributed by atoms with van der Waals surface area (Å²) in [5.74, 6) is 0.558. The van der Waals surface area contributed by atoms with E-state index in [0.29, 0.717) is 30.7 Å². The molecule has 0 bridgehead atoms. The number of carbonyl (C=O) groups excluding carboxylic acids is 1. The van der Waals surface area contributed by atoms with Crippen molar-refractivity contribution >= 4 is 34.1 Å². The molecule has 0 saturated carbocycles. The van der Waals surface area contributed by atoms with Crippen LogP contribution in [0.15, 0.2) is 24.3 Å². The zero-order valence-electron chi connectivity index (χ0n) is 11.5. The third-order valence-electron chi connectivity index (χ3n) is 3.57. The molecule has 1 aromatic carbocycles. The highest BCUT2D eigenvalue weighted by molar-refractivity contribution is 6.34. The Hall–Kier alpha value is -1.92. The van der Waals surface area contributed by atoms with E-state index in [9.17, 15) is 4.79 Å². The fourth-order valence-electron chi connectivity index (χ4n) is 2.51. The van der Waals surface area contributed by atoms with Gasteiger partial charge in [0.1, 0.15) is 6.04 Å². The van der Waals surface area contributed by atoms with Crippen molar-refractivity contribution in [3.63, 3.8) is 0 Å². The minimum atomic E-state index is -0.414. The van der Waals surface area contributed by atoms with Gasteiger partial charge in [0.25, 0.3) is 0 Å². The molecule has 21 heavy (non-hydrogen) atoms. The first kappa shape index (κ1) is 14.0. The first-order valence-corrected chi connectivity index (χ1v) is 7.07. The van der Waals surface area contributed by atoms with Crippen molar-refractivity contribution in [2.75, 3.05) is 31.7 Å². The van der Waals surface area contributed by atoms with E-state index in [1.165, 1.54) is 0 Å². The highest BCUT2D eigenvalue weighted by Gasteiger charge is 2.31. The second kappa shape index (κ2) is 5.83. The van der Waals surface area contributed by atoms with Gasteiger partial charge in [-0.1, -0.05) is 35.9 Å². The van der Waals surface area contributed by atoms with Gasteiger partial charge in [-0.15, -0.1) is 10.2 Å². The maximum Gasteiger partial charge on any atom is 0.244 e. The molecule has 1 aliphatic heterocycles. The summed E-state index contributed by atoms with van der Waals surface area (Å²) in [6.45, 7) is 1.46. The molecule has 2 heterocycles. The number of nitrogens with zero attached hydrogens (tertiary/aromatic N) is 3. The lowest BCUT2D eigenvalue weighted by Crippen LogP contribution is -2.53. The first-order chi connectivity index (χ1) is 10.2. The Morgan fingerprint density at radius 1 is 1.38 bits per heavy atom. The summed E-state index contributed by atoms with van der Waals surface area (Å²) in [5, 5.41) is 12.9. The predicted octanol–water partition coefficient (Wildman–Crippen LogP) is 1.23. The fourth-order valence-corrected chi connectivity index (χ4v) is 2.71. The smallest absolute Gasteiger partial charge is 0.244 e. The lowest BCUT2D eigenvalue weighted by Gasteiger charge is -2.35. The third-order valence-corrected chi connectivity index (χ3v) is 3.85. The van der Waals surface area contributed by atoms with Crippen LogP contribution in [-0.2, 0) is 9.53 Å². The van der Waals surface area contributed by atoms with Gasteiger partial charge in [-0.05, 0) is 0 Å². The van der Waals surface area contributed by atoms with Crippen molar-refractivity contribution in [2.24, 2.45) is 0 Å². The fraction of sp³-hybridized carbons (Fsp3) is 0.357. The normalized spacial score (nSPS) is 18.8. The van der Waals surface area contributed by atoms with Crippen LogP contribution in [0.4, 0.5) is 5.82 Å². The number of halogens is 1. The average Bonchev–Trinajstić information content (AvgIpc) is 2.55. The van der Waals surface area contributed by atoms with Gasteiger partial charge in [0, 0.05) is 24.4 Å². The van der Waals surface area contributed by atoms with Crippen LogP contribution in [0.25, 0.3) is 10.8 Å². The Labute approximate surface area is 127 Å². The van der Waals surface area contributed by atoms with Crippen LogP contribution in [-0.4, -0.2) is 49.0 Å². The van der Waals surface area contributed by atoms with E-state index in [0.717, 1.165) is 10.8 Å². The molecule has 1 amide bonds. The van der Waals surface area contributed by atoms with E-state index >= 15 is 0 Å². The van der Waals surface area contributed by atoms with Crippen molar-refractivity contribution in [1.82, 2.24) is 15.5 Å². The maximum absolute atomic E-state index is 12.0. The van der Waals surface area contributed by atoms with Crippen LogP contribution in [0.5, 0.6) is 0 Å². The molecule has 0 radical (unpaired) electrons. The highest BCUT2D eigenvalue weighted by Crippen LogP contribution is 2.29. The van der Waals surface area contributed by atoms with Crippen LogP contribution < -0.4 is 10.2 Å². The van der Waals surface area contributed by atoms with Gasteiger partial charge in [0.05, 0.1) is 13.2 Å². The first-order valence-electron chi connectivity index (χ1n) is 6.69. The van der Waals surface area contributed by atoms with E-state index in [2.05, 4.69) is 15.5 Å². The quantitative estimate of drug-likeness (QED) is 0.904. The lowest BCUT2D eigenvalue weighted by atomic mass is 10.1. The number of nitrogens with one attached hydrogen (secondary N) is 1. The van der Waals surface area contributed by atoms with E-state index in [-0.39, 0.29) is 5.91 Å². The largest absolute Gasteiger partial charge is 0.377 e. The maximum atomic E-state index is 12.0. The Bertz CT molecular complexity index is 679. The predicted molar refractivity (Wildman–Crippen MR) is 80.6 cm³/mol. The van der Waals surface area contributed by atoms with Gasteiger partial charge in [-0.2, -0.15) is 0 Å². The standard InChI is InChI=1S/C14H15ClN4O2/c1-16-14(20)11-8-21-7-6-19(11)13-10-5-3-2-4-9(10)12(15)17-18-13/h2-5,11H,6-8H2,1H3,(H,16,20). The second-order valence-corrected chi connectivity index (χ2v) is 5.12. The van der Waals surface area contributed by atoms with Crippen molar-refractivity contribution in [3.05, 3.63) is 29.4 Å². The van der Waals surface area contributed by atoms with Crippen LogP contribution >= 0.6 is 11.6 Å². The molecule has 1 fully saturated rings. The van der Waals surface area contributed by atoms with Gasteiger partial charge in [0.15, 0.2) is 11.0 Å². The molecule has 0 spiro atoms. The number of ether oxygens (including phenoxy) is 1. The average molecular weight is 307 g/mol. The van der Waals surface area contributed by atoms with Crippen LogP contribution in [0.1, 0.15) is 0 Å². The Morgan fingerprint density at radius 2 is 2.14 bits per heavy atom. The van der Waals surface area contributed by atoms with Crippen molar-refractivity contribution < 1.29 is 9.53 Å². The number of carbonyl (C=O) groups is 1. The summed E-state index contributed by atoms with van der Waals surface area (Å²) in [5.41, 5.74) is 0. The summed E-state index contributed by atoms with van der Waals surface area (Å²) in [6, 6.07) is 7.23. The number of rotatable bonds is 2. The number of anilines is 1. The zero-order valence-corrected chi connectivity index (χ0v) is 12.3. The lowest BCUT2D eigenvalue weighted by molar-refractivity contribution is -0.124. The van der Waals surface area contributed by atoms with E-state index in [1.54, 1.807) is 7.05 Å². The minimum absolute atomic E-state index is 0.101. The molecule has 1 aromatic heterocycles. The summed E-state index contributed by atoms with van der Waals surface area (Å²) < 4.78 is 5.42. The van der Waals surface area contributed by atoms with Crippen molar-refractivity contribution in [3.8, 4) is 0 Å². The molecular weight excluding hydrogens is 292 g/mol. The molecule has 2 aromatic rings. The number of aromatic nitrogens is 2. The molecule has 1 unspecified atom stereocenters. The third kappa shape index (κ3) is 2.52. The number of hydrogen-bond donors (Lipinski definition) is 1. The molecular formula is C14H15ClN4O2. The molecule has 1 N–H and O–H groups in total. The molecule has 3 rings (SSSR count). The highest BCUT2D eigenvalue weighted by atomic mass is 35.5. The molecule has 6 nitrogen and oxygen atoms in total. The molecule has 0 aliphatic carbocycles.